The lowest BCUT2D eigenvalue weighted by Gasteiger charge is -2.58. The van der Waals surface area contributed by atoms with Crippen molar-refractivity contribution < 1.29 is 9.15 Å². The van der Waals surface area contributed by atoms with Crippen LogP contribution < -0.4 is 0 Å². The molecule has 2 heterocycles. The molecule has 0 radical (unpaired) electrons. The Morgan fingerprint density at radius 2 is 2.04 bits per heavy atom. The molecule has 0 aromatic carbocycles. The van der Waals surface area contributed by atoms with Gasteiger partial charge in [-0.05, 0) is 32.2 Å². The third kappa shape index (κ3) is 2.52. The van der Waals surface area contributed by atoms with Crippen LogP contribution in [0.25, 0.3) is 0 Å². The zero-order valence-corrected chi connectivity index (χ0v) is 14.6. The lowest BCUT2D eigenvalue weighted by molar-refractivity contribution is -0.158. The van der Waals surface area contributed by atoms with E-state index in [2.05, 4.69) is 35.9 Å². The number of aromatic nitrogens is 2. The van der Waals surface area contributed by atoms with Crippen molar-refractivity contribution in [1.82, 2.24) is 15.1 Å². The molecule has 5 nitrogen and oxygen atoms in total. The van der Waals surface area contributed by atoms with Crippen LogP contribution in [0.3, 0.4) is 0 Å². The smallest absolute Gasteiger partial charge is 0.230 e. The minimum Gasteiger partial charge on any atom is -0.424 e. The molecule has 4 rings (SSSR count). The first-order valence-corrected chi connectivity index (χ1v) is 9.29. The fourth-order valence-electron chi connectivity index (χ4n) is 4.97. The summed E-state index contributed by atoms with van der Waals surface area (Å²) in [6.45, 7) is 9.72. The van der Waals surface area contributed by atoms with Gasteiger partial charge in [-0.1, -0.05) is 27.2 Å². The van der Waals surface area contributed by atoms with Crippen LogP contribution in [-0.4, -0.2) is 40.4 Å². The van der Waals surface area contributed by atoms with Crippen molar-refractivity contribution in [2.45, 2.75) is 77.5 Å². The van der Waals surface area contributed by atoms with Crippen molar-refractivity contribution in [3.63, 3.8) is 0 Å². The molecule has 5 heteroatoms. The van der Waals surface area contributed by atoms with Crippen LogP contribution in [0.1, 0.15) is 70.6 Å². The molecule has 0 bridgehead atoms. The van der Waals surface area contributed by atoms with Crippen LogP contribution in [0.5, 0.6) is 0 Å². The number of hydrogen-bond acceptors (Lipinski definition) is 5. The second kappa shape index (κ2) is 5.85. The lowest BCUT2D eigenvalue weighted by Crippen LogP contribution is -2.66. The van der Waals surface area contributed by atoms with Crippen LogP contribution in [-0.2, 0) is 11.3 Å². The van der Waals surface area contributed by atoms with Crippen LogP contribution >= 0.6 is 0 Å². The monoisotopic (exact) mass is 319 g/mol. The standard InChI is InChI=1S/C18H29N3O2/c1-4-9-21(15-13-8-10-22-16(13)18(15,2)3)11-14-19-20-17(23-14)12-6-5-7-12/h12-13,15-16H,4-11H2,1-3H3/t13-,15-,16+/m1/s1. The highest BCUT2D eigenvalue weighted by atomic mass is 16.5. The first kappa shape index (κ1) is 15.6. The van der Waals surface area contributed by atoms with Gasteiger partial charge in [-0.15, -0.1) is 10.2 Å². The topological polar surface area (TPSA) is 51.4 Å². The van der Waals surface area contributed by atoms with Crippen LogP contribution in [0.4, 0.5) is 0 Å². The summed E-state index contributed by atoms with van der Waals surface area (Å²) in [7, 11) is 0. The summed E-state index contributed by atoms with van der Waals surface area (Å²) >= 11 is 0. The summed E-state index contributed by atoms with van der Waals surface area (Å²) in [5.41, 5.74) is 0.215. The van der Waals surface area contributed by atoms with Crippen LogP contribution in [0.2, 0.25) is 0 Å². The Bertz CT molecular complexity index is 552. The van der Waals surface area contributed by atoms with Gasteiger partial charge in [0, 0.05) is 29.9 Å². The highest BCUT2D eigenvalue weighted by Crippen LogP contribution is 2.54. The fourth-order valence-corrected chi connectivity index (χ4v) is 4.97. The summed E-state index contributed by atoms with van der Waals surface area (Å²) in [5, 5.41) is 8.62. The SMILES string of the molecule is CCCN(Cc1nnc(C2CCC2)o1)[C@@H]1[C@H]2CCO[C@@H]2C1(C)C. The molecule has 2 aliphatic carbocycles. The van der Waals surface area contributed by atoms with Gasteiger partial charge in [0.15, 0.2) is 0 Å². The van der Waals surface area contributed by atoms with Crippen molar-refractivity contribution >= 4 is 0 Å². The molecule has 1 aliphatic heterocycles. The number of ether oxygens (including phenoxy) is 1. The molecular formula is C18H29N3O2. The Kier molecular flexibility index (Phi) is 3.96. The number of hydrogen-bond donors (Lipinski definition) is 0. The Balaban J connectivity index is 1.48. The fraction of sp³-hybridized carbons (Fsp3) is 0.889. The summed E-state index contributed by atoms with van der Waals surface area (Å²) in [6.07, 6.45) is 6.47. The van der Waals surface area contributed by atoms with E-state index in [9.17, 15) is 0 Å². The van der Waals surface area contributed by atoms with Gasteiger partial charge in [-0.3, -0.25) is 4.90 Å². The molecule has 3 atom stereocenters. The minimum atomic E-state index is 0.215. The van der Waals surface area contributed by atoms with E-state index in [-0.39, 0.29) is 5.41 Å². The van der Waals surface area contributed by atoms with E-state index in [1.54, 1.807) is 0 Å². The van der Waals surface area contributed by atoms with Gasteiger partial charge in [0.2, 0.25) is 11.8 Å². The average Bonchev–Trinajstić information content (AvgIpc) is 3.05. The summed E-state index contributed by atoms with van der Waals surface area (Å²) < 4.78 is 11.9. The lowest BCUT2D eigenvalue weighted by atomic mass is 9.56. The molecule has 1 saturated heterocycles. The zero-order valence-electron chi connectivity index (χ0n) is 14.6. The molecule has 3 aliphatic rings. The molecule has 128 valence electrons. The first-order chi connectivity index (χ1) is 11.1. The Hall–Kier alpha value is -0.940. The highest BCUT2D eigenvalue weighted by Gasteiger charge is 2.61. The number of rotatable bonds is 6. The van der Waals surface area contributed by atoms with Gasteiger partial charge in [0.1, 0.15) is 0 Å². The molecule has 2 saturated carbocycles. The van der Waals surface area contributed by atoms with Crippen LogP contribution in [0.15, 0.2) is 4.42 Å². The van der Waals surface area contributed by atoms with Crippen molar-refractivity contribution in [2.75, 3.05) is 13.2 Å². The molecule has 0 N–H and O–H groups in total. The van der Waals surface area contributed by atoms with Crippen LogP contribution in [0, 0.1) is 11.3 Å². The molecule has 0 unspecified atom stereocenters. The van der Waals surface area contributed by atoms with Crippen molar-refractivity contribution in [3.05, 3.63) is 11.8 Å². The molecule has 1 aromatic rings. The number of nitrogens with zero attached hydrogens (tertiary/aromatic N) is 3. The van der Waals surface area contributed by atoms with Gasteiger partial charge in [-0.25, -0.2) is 0 Å². The third-order valence-corrected chi connectivity index (χ3v) is 6.22. The maximum absolute atomic E-state index is 5.97. The highest BCUT2D eigenvalue weighted by molar-refractivity contribution is 5.12. The van der Waals surface area contributed by atoms with E-state index in [4.69, 9.17) is 9.15 Å². The van der Waals surface area contributed by atoms with Gasteiger partial charge in [-0.2, -0.15) is 0 Å². The molecule has 0 spiro atoms. The van der Waals surface area contributed by atoms with E-state index >= 15 is 0 Å². The van der Waals surface area contributed by atoms with E-state index in [1.165, 1.54) is 25.7 Å². The largest absolute Gasteiger partial charge is 0.424 e. The predicted molar refractivity (Wildman–Crippen MR) is 87.0 cm³/mol. The van der Waals surface area contributed by atoms with E-state index in [0.717, 1.165) is 37.9 Å². The summed E-state index contributed by atoms with van der Waals surface area (Å²) in [5.74, 6) is 2.84. The second-order valence-corrected chi connectivity index (χ2v) is 8.14. The first-order valence-electron chi connectivity index (χ1n) is 9.29. The maximum atomic E-state index is 5.97. The van der Waals surface area contributed by atoms with Gasteiger partial charge < -0.3 is 9.15 Å². The van der Waals surface area contributed by atoms with Crippen molar-refractivity contribution in [3.8, 4) is 0 Å². The zero-order chi connectivity index (χ0) is 16.0. The molecular weight excluding hydrogens is 290 g/mol. The maximum Gasteiger partial charge on any atom is 0.230 e. The Morgan fingerprint density at radius 3 is 2.74 bits per heavy atom. The molecule has 0 amide bonds. The normalized spacial score (nSPS) is 32.6. The molecule has 23 heavy (non-hydrogen) atoms. The molecule has 1 aromatic heterocycles. The van der Waals surface area contributed by atoms with Gasteiger partial charge >= 0.3 is 0 Å². The summed E-state index contributed by atoms with van der Waals surface area (Å²) in [6, 6.07) is 0.564. The van der Waals surface area contributed by atoms with E-state index in [1.807, 2.05) is 0 Å². The predicted octanol–water partition coefficient (Wildman–Crippen LogP) is 3.36. The summed E-state index contributed by atoms with van der Waals surface area (Å²) in [4.78, 5) is 2.56. The Labute approximate surface area is 138 Å². The minimum absolute atomic E-state index is 0.215. The van der Waals surface area contributed by atoms with E-state index < -0.39 is 0 Å². The third-order valence-electron chi connectivity index (χ3n) is 6.22. The Morgan fingerprint density at radius 1 is 1.22 bits per heavy atom. The van der Waals surface area contributed by atoms with Gasteiger partial charge in [0.05, 0.1) is 12.6 Å². The number of fused-ring (bicyclic) bond motifs is 1. The average molecular weight is 319 g/mol. The van der Waals surface area contributed by atoms with E-state index in [0.29, 0.717) is 24.0 Å². The van der Waals surface area contributed by atoms with Crippen molar-refractivity contribution in [1.29, 1.82) is 0 Å². The molecule has 3 fully saturated rings. The second-order valence-electron chi connectivity index (χ2n) is 8.14. The quantitative estimate of drug-likeness (QED) is 0.804. The van der Waals surface area contributed by atoms with Gasteiger partial charge in [0.25, 0.3) is 0 Å². The van der Waals surface area contributed by atoms with Crippen molar-refractivity contribution in [2.24, 2.45) is 11.3 Å².